The van der Waals surface area contributed by atoms with E-state index in [1.807, 2.05) is 13.8 Å². The summed E-state index contributed by atoms with van der Waals surface area (Å²) in [6, 6.07) is 1.28. The summed E-state index contributed by atoms with van der Waals surface area (Å²) < 4.78 is 26.7. The molecule has 9 heteroatoms. The molecule has 0 radical (unpaired) electrons. The van der Waals surface area contributed by atoms with Crippen molar-refractivity contribution in [3.05, 3.63) is 26.9 Å². The molecule has 0 amide bonds. The van der Waals surface area contributed by atoms with Crippen molar-refractivity contribution in [2.24, 2.45) is 0 Å². The molecule has 2 aromatic heterocycles. The molecule has 0 atom stereocenters. The number of carboxylic acid groups (broad SMARTS) is 1. The highest BCUT2D eigenvalue weighted by Gasteiger charge is 2.25. The Labute approximate surface area is 124 Å². The van der Waals surface area contributed by atoms with E-state index in [1.54, 1.807) is 0 Å². The lowest BCUT2D eigenvalue weighted by Gasteiger charge is -2.04. The van der Waals surface area contributed by atoms with E-state index in [1.165, 1.54) is 22.8 Å². The van der Waals surface area contributed by atoms with Gasteiger partial charge in [0.05, 0.1) is 5.69 Å². The minimum Gasteiger partial charge on any atom is -0.477 e. The molecule has 2 rings (SSSR count). The molecule has 0 saturated heterocycles. The zero-order valence-electron chi connectivity index (χ0n) is 10.7. The fraction of sp³-hybridized carbons (Fsp3) is 0.273. The Kier molecular flexibility index (Phi) is 4.11. The van der Waals surface area contributed by atoms with Gasteiger partial charge in [-0.2, -0.15) is 0 Å². The van der Waals surface area contributed by atoms with Crippen LogP contribution in [-0.2, 0) is 16.4 Å². The predicted molar refractivity (Wildman–Crippen MR) is 78.3 cm³/mol. The van der Waals surface area contributed by atoms with Gasteiger partial charge in [0.1, 0.15) is 9.77 Å². The molecule has 0 saturated carbocycles. The smallest absolute Gasteiger partial charge is 0.347 e. The molecule has 108 valence electrons. The molecule has 0 unspecified atom stereocenters. The van der Waals surface area contributed by atoms with Crippen LogP contribution in [0.2, 0.25) is 0 Å². The van der Waals surface area contributed by atoms with Crippen LogP contribution in [0.1, 0.15) is 27.2 Å². The van der Waals surface area contributed by atoms with Gasteiger partial charge in [-0.15, -0.1) is 22.7 Å². The van der Waals surface area contributed by atoms with E-state index in [2.05, 4.69) is 9.71 Å². The fourth-order valence-corrected chi connectivity index (χ4v) is 5.03. The number of sulfonamides is 1. The lowest BCUT2D eigenvalue weighted by molar-refractivity contribution is 0.0698. The maximum atomic E-state index is 12.2. The average Bonchev–Trinajstić information content (AvgIpc) is 2.95. The topological polar surface area (TPSA) is 96.4 Å². The maximum absolute atomic E-state index is 12.2. The van der Waals surface area contributed by atoms with Gasteiger partial charge in [0, 0.05) is 4.88 Å². The van der Waals surface area contributed by atoms with E-state index in [0.29, 0.717) is 6.42 Å². The normalized spacial score (nSPS) is 11.5. The van der Waals surface area contributed by atoms with E-state index < -0.39 is 16.0 Å². The number of aromatic nitrogens is 1. The second kappa shape index (κ2) is 5.51. The number of anilines is 1. The Morgan fingerprint density at radius 2 is 2.20 bits per heavy atom. The van der Waals surface area contributed by atoms with Gasteiger partial charge in [0.2, 0.25) is 0 Å². The van der Waals surface area contributed by atoms with E-state index in [9.17, 15) is 13.2 Å². The molecule has 0 aliphatic carbocycles. The molecule has 20 heavy (non-hydrogen) atoms. The van der Waals surface area contributed by atoms with Gasteiger partial charge in [0.25, 0.3) is 10.0 Å². The van der Waals surface area contributed by atoms with Crippen molar-refractivity contribution in [1.29, 1.82) is 0 Å². The molecule has 0 aromatic carbocycles. The molecule has 2 heterocycles. The number of thiophene rings is 1. The van der Waals surface area contributed by atoms with Crippen molar-refractivity contribution in [1.82, 2.24) is 4.98 Å². The third-order valence-corrected chi connectivity index (χ3v) is 6.03. The lowest BCUT2D eigenvalue weighted by atomic mass is 10.3. The molecular formula is C11H12N2O4S3. The van der Waals surface area contributed by atoms with E-state index >= 15 is 0 Å². The molecule has 0 aliphatic heterocycles. The average molecular weight is 332 g/mol. The Balaban J connectivity index is 2.35. The number of hydrogen-bond acceptors (Lipinski definition) is 6. The van der Waals surface area contributed by atoms with Crippen molar-refractivity contribution in [3.63, 3.8) is 0 Å². The first-order chi connectivity index (χ1) is 9.35. The fourth-order valence-electron chi connectivity index (χ4n) is 1.63. The molecule has 2 N–H and O–H groups in total. The number of nitrogens with zero attached hydrogens (tertiary/aromatic N) is 1. The Bertz CT molecular complexity index is 746. The van der Waals surface area contributed by atoms with Crippen molar-refractivity contribution >= 4 is 43.8 Å². The highest BCUT2D eigenvalue weighted by atomic mass is 32.2. The van der Waals surface area contributed by atoms with E-state index in [4.69, 9.17) is 5.11 Å². The SMILES string of the molecule is CCc1nc(NS(=O)(=O)c2ccsc2C(=O)O)sc1C. The van der Waals surface area contributed by atoms with Crippen LogP contribution in [0.3, 0.4) is 0 Å². The molecule has 0 aliphatic rings. The summed E-state index contributed by atoms with van der Waals surface area (Å²) in [7, 11) is -3.93. The summed E-state index contributed by atoms with van der Waals surface area (Å²) in [5.74, 6) is -1.26. The van der Waals surface area contributed by atoms with Crippen LogP contribution >= 0.6 is 22.7 Å². The van der Waals surface area contributed by atoms with Crippen molar-refractivity contribution in [2.75, 3.05) is 4.72 Å². The van der Waals surface area contributed by atoms with Crippen LogP contribution in [0.15, 0.2) is 16.3 Å². The second-order valence-electron chi connectivity index (χ2n) is 3.90. The Morgan fingerprint density at radius 3 is 2.75 bits per heavy atom. The number of rotatable bonds is 5. The van der Waals surface area contributed by atoms with Gasteiger partial charge in [-0.1, -0.05) is 6.92 Å². The van der Waals surface area contributed by atoms with Crippen LogP contribution in [0.25, 0.3) is 0 Å². The highest BCUT2D eigenvalue weighted by Crippen LogP contribution is 2.27. The summed E-state index contributed by atoms with van der Waals surface area (Å²) in [5, 5.41) is 10.7. The molecular weight excluding hydrogens is 320 g/mol. The second-order valence-corrected chi connectivity index (χ2v) is 7.67. The van der Waals surface area contributed by atoms with Crippen LogP contribution in [0, 0.1) is 6.92 Å². The van der Waals surface area contributed by atoms with Gasteiger partial charge in [0.15, 0.2) is 5.13 Å². The number of thiazole rings is 1. The summed E-state index contributed by atoms with van der Waals surface area (Å²) in [6.07, 6.45) is 0.711. The number of aromatic carboxylic acids is 1. The van der Waals surface area contributed by atoms with Crippen LogP contribution in [-0.4, -0.2) is 24.5 Å². The monoisotopic (exact) mass is 332 g/mol. The largest absolute Gasteiger partial charge is 0.477 e. The van der Waals surface area contributed by atoms with Crippen LogP contribution in [0.5, 0.6) is 0 Å². The highest BCUT2D eigenvalue weighted by molar-refractivity contribution is 7.93. The van der Waals surface area contributed by atoms with Gasteiger partial charge in [-0.05, 0) is 24.8 Å². The molecule has 0 fully saturated rings. The molecule has 2 aromatic rings. The Morgan fingerprint density at radius 1 is 1.50 bits per heavy atom. The quantitative estimate of drug-likeness (QED) is 0.877. The standard InChI is InChI=1S/C11H12N2O4S3/c1-3-7-6(2)19-11(12-7)13-20(16,17)8-4-5-18-9(8)10(14)15/h4-5H,3H2,1-2H3,(H,12,13)(H,14,15). The Hall–Kier alpha value is -1.45. The number of carboxylic acids is 1. The van der Waals surface area contributed by atoms with Gasteiger partial charge < -0.3 is 5.11 Å². The van der Waals surface area contributed by atoms with Gasteiger partial charge in [-0.3, -0.25) is 4.72 Å². The number of aryl methyl sites for hydroxylation is 2. The third kappa shape index (κ3) is 2.84. The van der Waals surface area contributed by atoms with E-state index in [0.717, 1.165) is 21.9 Å². The molecule has 0 bridgehead atoms. The summed E-state index contributed by atoms with van der Waals surface area (Å²) in [5.41, 5.74) is 0.830. The first kappa shape index (κ1) is 14.9. The van der Waals surface area contributed by atoms with E-state index in [-0.39, 0.29) is 14.9 Å². The summed E-state index contributed by atoms with van der Waals surface area (Å²) in [4.78, 5) is 15.7. The zero-order valence-corrected chi connectivity index (χ0v) is 13.2. The van der Waals surface area contributed by atoms with Crippen molar-refractivity contribution in [2.45, 2.75) is 25.2 Å². The lowest BCUT2D eigenvalue weighted by Crippen LogP contribution is -2.15. The maximum Gasteiger partial charge on any atom is 0.347 e. The number of carbonyl (C=O) groups is 1. The van der Waals surface area contributed by atoms with Crippen LogP contribution in [0.4, 0.5) is 5.13 Å². The predicted octanol–water partition coefficient (Wildman–Crippen LogP) is 2.57. The first-order valence-corrected chi connectivity index (χ1v) is 8.83. The molecule has 6 nitrogen and oxygen atoms in total. The summed E-state index contributed by atoms with van der Waals surface area (Å²) >= 11 is 2.10. The minimum absolute atomic E-state index is 0.207. The first-order valence-electron chi connectivity index (χ1n) is 5.65. The zero-order chi connectivity index (χ0) is 14.9. The van der Waals surface area contributed by atoms with Crippen molar-refractivity contribution < 1.29 is 18.3 Å². The van der Waals surface area contributed by atoms with Gasteiger partial charge >= 0.3 is 5.97 Å². The molecule has 0 spiro atoms. The minimum atomic E-state index is -3.93. The number of nitrogens with one attached hydrogen (secondary N) is 1. The third-order valence-electron chi connectivity index (χ3n) is 2.56. The summed E-state index contributed by atoms with van der Waals surface area (Å²) in [6.45, 7) is 3.79. The van der Waals surface area contributed by atoms with Crippen LogP contribution < -0.4 is 4.72 Å². The number of hydrogen-bond donors (Lipinski definition) is 2. The van der Waals surface area contributed by atoms with Crippen molar-refractivity contribution in [3.8, 4) is 0 Å². The van der Waals surface area contributed by atoms with Gasteiger partial charge in [-0.25, -0.2) is 18.2 Å².